The van der Waals surface area contributed by atoms with Gasteiger partial charge in [0.2, 0.25) is 0 Å². The molecule has 23 heavy (non-hydrogen) atoms. The second-order valence-electron chi connectivity index (χ2n) is 5.03. The van der Waals surface area contributed by atoms with Gasteiger partial charge in [-0.25, -0.2) is 9.97 Å². The molecule has 0 spiro atoms. The highest BCUT2D eigenvalue weighted by molar-refractivity contribution is 5.73. The lowest BCUT2D eigenvalue weighted by atomic mass is 10.0. The molecule has 0 fully saturated rings. The Kier molecular flexibility index (Phi) is 3.82. The van der Waals surface area contributed by atoms with E-state index in [0.29, 0.717) is 28.5 Å². The van der Waals surface area contributed by atoms with Crippen molar-refractivity contribution in [1.29, 1.82) is 0 Å². The van der Waals surface area contributed by atoms with Gasteiger partial charge in [-0.3, -0.25) is 0 Å². The molecule has 1 heterocycles. The Balaban J connectivity index is 2.21. The van der Waals surface area contributed by atoms with E-state index in [1.165, 1.54) is 12.1 Å². The Morgan fingerprint density at radius 2 is 1.61 bits per heavy atom. The normalized spacial score (nSPS) is 10.7. The molecule has 0 radical (unpaired) electrons. The van der Waals surface area contributed by atoms with Gasteiger partial charge in [0.25, 0.3) is 0 Å². The molecule has 0 atom stereocenters. The molecule has 2 aromatic carbocycles. The monoisotopic (exact) mass is 308 g/mol. The van der Waals surface area contributed by atoms with Crippen LogP contribution in [-0.4, -0.2) is 20.2 Å². The molecule has 0 aliphatic carbocycles. The first-order valence-electron chi connectivity index (χ1n) is 7.04. The number of rotatable bonds is 3. The molecule has 1 aromatic heterocycles. The smallest absolute Gasteiger partial charge is 0.162 e. The number of benzene rings is 2. The largest absolute Gasteiger partial charge is 0.504 e. The van der Waals surface area contributed by atoms with Crippen molar-refractivity contribution in [3.05, 3.63) is 54.1 Å². The molecular weight excluding hydrogens is 292 g/mol. The third kappa shape index (κ3) is 2.79. The van der Waals surface area contributed by atoms with Crippen molar-refractivity contribution in [2.24, 2.45) is 5.73 Å². The molecule has 0 saturated carbocycles. The van der Waals surface area contributed by atoms with E-state index in [4.69, 9.17) is 11.5 Å². The third-order valence-corrected chi connectivity index (χ3v) is 3.52. The molecule has 0 amide bonds. The van der Waals surface area contributed by atoms with E-state index in [1.807, 2.05) is 30.3 Å². The lowest BCUT2D eigenvalue weighted by molar-refractivity contribution is 0.404. The van der Waals surface area contributed by atoms with Gasteiger partial charge in [-0.15, -0.1) is 0 Å². The maximum absolute atomic E-state index is 9.72. The van der Waals surface area contributed by atoms with E-state index in [1.54, 1.807) is 6.07 Å². The number of hydrogen-bond donors (Lipinski definition) is 4. The summed E-state index contributed by atoms with van der Waals surface area (Å²) in [5.74, 6) is 0.337. The van der Waals surface area contributed by atoms with E-state index < -0.39 is 0 Å². The summed E-state index contributed by atoms with van der Waals surface area (Å²) in [5, 5.41) is 19.2. The van der Waals surface area contributed by atoms with Gasteiger partial charge in [0, 0.05) is 23.2 Å². The second-order valence-corrected chi connectivity index (χ2v) is 5.03. The zero-order valence-corrected chi connectivity index (χ0v) is 12.3. The fourth-order valence-corrected chi connectivity index (χ4v) is 2.33. The van der Waals surface area contributed by atoms with Crippen molar-refractivity contribution in [2.75, 3.05) is 5.73 Å². The van der Waals surface area contributed by atoms with Crippen LogP contribution < -0.4 is 11.5 Å². The Morgan fingerprint density at radius 3 is 2.26 bits per heavy atom. The summed E-state index contributed by atoms with van der Waals surface area (Å²) in [7, 11) is 0. The number of nitrogens with two attached hydrogens (primary N) is 2. The molecule has 3 rings (SSSR count). The van der Waals surface area contributed by atoms with Crippen LogP contribution in [0.1, 0.15) is 5.56 Å². The van der Waals surface area contributed by atoms with Gasteiger partial charge in [-0.2, -0.15) is 0 Å². The van der Waals surface area contributed by atoms with Crippen LogP contribution in [0.3, 0.4) is 0 Å². The quantitative estimate of drug-likeness (QED) is 0.551. The minimum atomic E-state index is -0.232. The first kappa shape index (κ1) is 14.8. The SMILES string of the molecule is NCc1c(N)nc(-c2ccccc2)nc1-c1ccc(O)c(O)c1. The third-order valence-electron chi connectivity index (χ3n) is 3.52. The second kappa shape index (κ2) is 5.94. The molecule has 0 bridgehead atoms. The lowest BCUT2D eigenvalue weighted by Gasteiger charge is -2.12. The predicted octanol–water partition coefficient (Wildman–Crippen LogP) is 2.26. The lowest BCUT2D eigenvalue weighted by Crippen LogP contribution is -2.09. The van der Waals surface area contributed by atoms with Crippen LogP contribution in [0, 0.1) is 0 Å². The van der Waals surface area contributed by atoms with Crippen molar-refractivity contribution in [1.82, 2.24) is 9.97 Å². The zero-order valence-electron chi connectivity index (χ0n) is 12.3. The van der Waals surface area contributed by atoms with Gasteiger partial charge in [-0.1, -0.05) is 30.3 Å². The van der Waals surface area contributed by atoms with Gasteiger partial charge in [0.15, 0.2) is 17.3 Å². The van der Waals surface area contributed by atoms with E-state index in [9.17, 15) is 10.2 Å². The summed E-state index contributed by atoms with van der Waals surface area (Å²) < 4.78 is 0. The van der Waals surface area contributed by atoms with Gasteiger partial charge >= 0.3 is 0 Å². The Hall–Kier alpha value is -3.12. The number of hydrogen-bond acceptors (Lipinski definition) is 6. The van der Waals surface area contributed by atoms with Crippen LogP contribution in [0.4, 0.5) is 5.82 Å². The minimum Gasteiger partial charge on any atom is -0.504 e. The Labute approximate surface area is 133 Å². The fraction of sp³-hybridized carbons (Fsp3) is 0.0588. The van der Waals surface area contributed by atoms with Gasteiger partial charge in [0.05, 0.1) is 5.69 Å². The number of phenols is 2. The van der Waals surface area contributed by atoms with Crippen molar-refractivity contribution in [3.8, 4) is 34.1 Å². The van der Waals surface area contributed by atoms with E-state index >= 15 is 0 Å². The predicted molar refractivity (Wildman–Crippen MR) is 88.5 cm³/mol. The first-order valence-corrected chi connectivity index (χ1v) is 7.04. The molecule has 0 aliphatic heterocycles. The highest BCUT2D eigenvalue weighted by Crippen LogP contribution is 2.33. The number of nitrogens with zero attached hydrogens (tertiary/aromatic N) is 2. The molecular formula is C17H16N4O2. The topological polar surface area (TPSA) is 118 Å². The van der Waals surface area contributed by atoms with Crippen molar-refractivity contribution in [2.45, 2.75) is 6.54 Å². The molecule has 116 valence electrons. The standard InChI is InChI=1S/C17H16N4O2/c18-9-12-15(11-6-7-13(22)14(23)8-11)20-17(21-16(12)19)10-4-2-1-3-5-10/h1-8,22-23H,9,18H2,(H2,19,20,21). The molecule has 6 heteroatoms. The molecule has 6 nitrogen and oxygen atoms in total. The number of anilines is 1. The highest BCUT2D eigenvalue weighted by Gasteiger charge is 2.15. The first-order chi connectivity index (χ1) is 11.1. The van der Waals surface area contributed by atoms with Gasteiger partial charge in [-0.05, 0) is 18.2 Å². The van der Waals surface area contributed by atoms with Crippen LogP contribution >= 0.6 is 0 Å². The summed E-state index contributed by atoms with van der Waals surface area (Å²) in [6.45, 7) is 0.165. The van der Waals surface area contributed by atoms with Crippen molar-refractivity contribution >= 4 is 5.82 Å². The number of phenolic OH excluding ortho intramolecular Hbond substituents is 2. The number of nitrogen functional groups attached to an aromatic ring is 1. The van der Waals surface area contributed by atoms with E-state index in [2.05, 4.69) is 9.97 Å². The fourth-order valence-electron chi connectivity index (χ4n) is 2.33. The summed E-state index contributed by atoms with van der Waals surface area (Å²) in [6.07, 6.45) is 0. The molecule has 6 N–H and O–H groups in total. The van der Waals surface area contributed by atoms with Crippen molar-refractivity contribution in [3.63, 3.8) is 0 Å². The zero-order chi connectivity index (χ0) is 16.4. The van der Waals surface area contributed by atoms with Gasteiger partial charge in [0.1, 0.15) is 5.82 Å². The minimum absolute atomic E-state index is 0.165. The Morgan fingerprint density at radius 1 is 0.870 bits per heavy atom. The molecule has 0 unspecified atom stereocenters. The maximum Gasteiger partial charge on any atom is 0.162 e. The highest BCUT2D eigenvalue weighted by atomic mass is 16.3. The van der Waals surface area contributed by atoms with E-state index in [0.717, 1.165) is 5.56 Å². The van der Waals surface area contributed by atoms with Crippen LogP contribution in [-0.2, 0) is 6.54 Å². The molecule has 0 aliphatic rings. The van der Waals surface area contributed by atoms with Crippen LogP contribution in [0.2, 0.25) is 0 Å². The average molecular weight is 308 g/mol. The van der Waals surface area contributed by atoms with Gasteiger partial charge < -0.3 is 21.7 Å². The van der Waals surface area contributed by atoms with Crippen molar-refractivity contribution < 1.29 is 10.2 Å². The number of aromatic nitrogens is 2. The van der Waals surface area contributed by atoms with E-state index in [-0.39, 0.29) is 18.0 Å². The average Bonchev–Trinajstić information content (AvgIpc) is 2.57. The Bertz CT molecular complexity index is 851. The maximum atomic E-state index is 9.72. The summed E-state index contributed by atoms with van der Waals surface area (Å²) in [4.78, 5) is 8.87. The summed E-state index contributed by atoms with van der Waals surface area (Å²) >= 11 is 0. The van der Waals surface area contributed by atoms with Crippen LogP contribution in [0.15, 0.2) is 48.5 Å². The summed E-state index contributed by atoms with van der Waals surface area (Å²) in [5.41, 5.74) is 14.4. The summed E-state index contributed by atoms with van der Waals surface area (Å²) in [6, 6.07) is 13.9. The molecule has 0 saturated heterocycles. The van der Waals surface area contributed by atoms with Crippen LogP contribution in [0.25, 0.3) is 22.6 Å². The van der Waals surface area contributed by atoms with Crippen LogP contribution in [0.5, 0.6) is 11.5 Å². The molecule has 3 aromatic rings. The number of aromatic hydroxyl groups is 2.